The summed E-state index contributed by atoms with van der Waals surface area (Å²) in [5, 5.41) is 12.1. The summed E-state index contributed by atoms with van der Waals surface area (Å²) in [6.07, 6.45) is 0.590. The van der Waals surface area contributed by atoms with Crippen molar-refractivity contribution in [1.82, 2.24) is 9.29 Å². The molecule has 4 rings (SSSR count). The van der Waals surface area contributed by atoms with Crippen LogP contribution in [0.5, 0.6) is 17.2 Å². The lowest BCUT2D eigenvalue weighted by Crippen LogP contribution is -2.48. The SMILES string of the molecule is COc1cc(Cc2csc(N3CCN(S(=O)(=O)c4ccccc4C#N)CC3)n2)cc(OC)c1OC. The van der Waals surface area contributed by atoms with Crippen molar-refractivity contribution in [2.75, 3.05) is 52.4 Å². The normalized spacial score (nSPS) is 14.4. The quantitative estimate of drug-likeness (QED) is 0.452. The van der Waals surface area contributed by atoms with Crippen LogP contribution in [-0.4, -0.2) is 65.2 Å². The molecule has 2 aromatic carbocycles. The van der Waals surface area contributed by atoms with Crippen LogP contribution in [0.2, 0.25) is 0 Å². The third-order valence-corrected chi connectivity index (χ3v) is 8.69. The Morgan fingerprint density at radius 2 is 1.69 bits per heavy atom. The molecule has 9 nitrogen and oxygen atoms in total. The topological polar surface area (TPSA) is 105 Å². The van der Waals surface area contributed by atoms with Gasteiger partial charge in [0.05, 0.1) is 37.5 Å². The van der Waals surface area contributed by atoms with E-state index < -0.39 is 10.0 Å². The van der Waals surface area contributed by atoms with Crippen LogP contribution in [0.25, 0.3) is 0 Å². The predicted molar refractivity (Wildman–Crippen MR) is 133 cm³/mol. The molecule has 1 aliphatic heterocycles. The van der Waals surface area contributed by atoms with Crippen molar-refractivity contribution in [1.29, 1.82) is 5.26 Å². The molecule has 0 amide bonds. The number of hydrogen-bond donors (Lipinski definition) is 0. The number of nitrogens with zero attached hydrogens (tertiary/aromatic N) is 4. The standard InChI is InChI=1S/C24H26N4O5S2/c1-31-20-13-17(14-21(32-2)23(20)33-3)12-19-16-34-24(26-19)27-8-10-28(11-9-27)35(29,30)22-7-5-4-6-18(22)15-25/h4-7,13-14,16H,8-12H2,1-3H3. The van der Waals surface area contributed by atoms with Crippen molar-refractivity contribution >= 4 is 26.5 Å². The number of ether oxygens (including phenoxy) is 3. The monoisotopic (exact) mass is 514 g/mol. The van der Waals surface area contributed by atoms with E-state index in [1.807, 2.05) is 23.6 Å². The molecule has 0 bridgehead atoms. The van der Waals surface area contributed by atoms with E-state index >= 15 is 0 Å². The van der Waals surface area contributed by atoms with E-state index in [-0.39, 0.29) is 10.5 Å². The first-order valence-electron chi connectivity index (χ1n) is 10.9. The second-order valence-electron chi connectivity index (χ2n) is 7.83. The molecule has 3 aromatic rings. The highest BCUT2D eigenvalue weighted by Crippen LogP contribution is 2.39. The molecular weight excluding hydrogens is 488 g/mol. The lowest BCUT2D eigenvalue weighted by atomic mass is 10.1. The van der Waals surface area contributed by atoms with Gasteiger partial charge in [0.25, 0.3) is 0 Å². The largest absolute Gasteiger partial charge is 0.493 e. The predicted octanol–water partition coefficient (Wildman–Crippen LogP) is 3.14. The maximum Gasteiger partial charge on any atom is 0.244 e. The number of hydrogen-bond acceptors (Lipinski definition) is 9. The van der Waals surface area contributed by atoms with Crippen LogP contribution >= 0.6 is 11.3 Å². The van der Waals surface area contributed by atoms with Gasteiger partial charge in [-0.3, -0.25) is 0 Å². The molecule has 0 unspecified atom stereocenters. The minimum atomic E-state index is -3.73. The highest BCUT2D eigenvalue weighted by atomic mass is 32.2. The summed E-state index contributed by atoms with van der Waals surface area (Å²) in [4.78, 5) is 6.92. The summed E-state index contributed by atoms with van der Waals surface area (Å²) >= 11 is 1.53. The zero-order valence-electron chi connectivity index (χ0n) is 19.7. The average molecular weight is 515 g/mol. The zero-order chi connectivity index (χ0) is 25.0. The third kappa shape index (κ3) is 5.05. The van der Waals surface area contributed by atoms with Crippen LogP contribution < -0.4 is 19.1 Å². The van der Waals surface area contributed by atoms with E-state index in [1.165, 1.54) is 27.8 Å². The second kappa shape index (κ2) is 10.5. The summed E-state index contributed by atoms with van der Waals surface area (Å²) in [5.41, 5.74) is 2.03. The van der Waals surface area contributed by atoms with Crippen molar-refractivity contribution < 1.29 is 22.6 Å². The molecule has 0 saturated carbocycles. The first kappa shape index (κ1) is 24.8. The lowest BCUT2D eigenvalue weighted by molar-refractivity contribution is 0.324. The van der Waals surface area contributed by atoms with E-state index in [2.05, 4.69) is 4.90 Å². The fourth-order valence-corrected chi connectivity index (χ4v) is 6.46. The number of nitriles is 1. The molecule has 0 spiro atoms. The summed E-state index contributed by atoms with van der Waals surface area (Å²) in [6.45, 7) is 1.68. The van der Waals surface area contributed by atoms with Gasteiger partial charge in [0.1, 0.15) is 6.07 Å². The van der Waals surface area contributed by atoms with E-state index in [0.29, 0.717) is 49.8 Å². The van der Waals surface area contributed by atoms with E-state index in [9.17, 15) is 13.7 Å². The highest BCUT2D eigenvalue weighted by molar-refractivity contribution is 7.89. The molecule has 0 atom stereocenters. The minimum Gasteiger partial charge on any atom is -0.493 e. The van der Waals surface area contributed by atoms with Crippen LogP contribution in [0.3, 0.4) is 0 Å². The maximum atomic E-state index is 13.1. The Morgan fingerprint density at radius 1 is 1.03 bits per heavy atom. The van der Waals surface area contributed by atoms with Gasteiger partial charge in [0.2, 0.25) is 15.8 Å². The van der Waals surface area contributed by atoms with Crippen LogP contribution in [0.1, 0.15) is 16.8 Å². The third-order valence-electron chi connectivity index (χ3n) is 5.78. The fourth-order valence-electron chi connectivity index (χ4n) is 4.01. The van der Waals surface area contributed by atoms with Gasteiger partial charge in [-0.25, -0.2) is 13.4 Å². The Balaban J connectivity index is 1.44. The molecular formula is C24H26N4O5S2. The highest BCUT2D eigenvalue weighted by Gasteiger charge is 2.31. The van der Waals surface area contributed by atoms with Crippen molar-refractivity contribution in [2.24, 2.45) is 0 Å². The van der Waals surface area contributed by atoms with E-state index in [4.69, 9.17) is 19.2 Å². The Labute approximate surface area is 209 Å². The summed E-state index contributed by atoms with van der Waals surface area (Å²) in [5.74, 6) is 1.73. The fraction of sp³-hybridized carbons (Fsp3) is 0.333. The molecule has 1 aromatic heterocycles. The van der Waals surface area contributed by atoms with Gasteiger partial charge in [-0.1, -0.05) is 12.1 Å². The van der Waals surface area contributed by atoms with Crippen LogP contribution in [0.4, 0.5) is 5.13 Å². The molecule has 1 aliphatic rings. The number of sulfonamides is 1. The van der Waals surface area contributed by atoms with Gasteiger partial charge in [-0.05, 0) is 29.8 Å². The maximum absolute atomic E-state index is 13.1. The van der Waals surface area contributed by atoms with Crippen LogP contribution in [-0.2, 0) is 16.4 Å². The molecule has 0 radical (unpaired) electrons. The first-order valence-corrected chi connectivity index (χ1v) is 13.2. The van der Waals surface area contributed by atoms with Gasteiger partial charge in [0, 0.05) is 38.0 Å². The summed E-state index contributed by atoms with van der Waals surface area (Å²) in [7, 11) is 1.01. The number of anilines is 1. The Hall–Kier alpha value is -3.33. The summed E-state index contributed by atoms with van der Waals surface area (Å²) < 4.78 is 43.9. The second-order valence-corrected chi connectivity index (χ2v) is 10.6. The molecule has 11 heteroatoms. The smallest absolute Gasteiger partial charge is 0.244 e. The van der Waals surface area contributed by atoms with Crippen LogP contribution in [0.15, 0.2) is 46.7 Å². The Morgan fingerprint density at radius 3 is 2.29 bits per heavy atom. The molecule has 184 valence electrons. The number of benzene rings is 2. The average Bonchev–Trinajstić information content (AvgIpc) is 3.36. The van der Waals surface area contributed by atoms with Crippen molar-refractivity contribution in [3.63, 3.8) is 0 Å². The lowest BCUT2D eigenvalue weighted by Gasteiger charge is -2.33. The van der Waals surface area contributed by atoms with Gasteiger partial charge in [0.15, 0.2) is 16.6 Å². The molecule has 1 fully saturated rings. The van der Waals surface area contributed by atoms with E-state index in [1.54, 1.807) is 33.5 Å². The van der Waals surface area contributed by atoms with Gasteiger partial charge >= 0.3 is 0 Å². The summed E-state index contributed by atoms with van der Waals surface area (Å²) in [6, 6.07) is 12.1. The molecule has 0 aliphatic carbocycles. The van der Waals surface area contributed by atoms with Gasteiger partial charge in [-0.2, -0.15) is 9.57 Å². The molecule has 1 saturated heterocycles. The Bertz CT molecular complexity index is 1320. The van der Waals surface area contributed by atoms with Crippen molar-refractivity contribution in [2.45, 2.75) is 11.3 Å². The van der Waals surface area contributed by atoms with Crippen LogP contribution in [0, 0.1) is 11.3 Å². The number of piperazine rings is 1. The number of methoxy groups -OCH3 is 3. The number of rotatable bonds is 8. The molecule has 0 N–H and O–H groups in total. The zero-order valence-corrected chi connectivity index (χ0v) is 21.4. The molecule has 35 heavy (non-hydrogen) atoms. The van der Waals surface area contributed by atoms with Gasteiger partial charge in [-0.15, -0.1) is 11.3 Å². The minimum absolute atomic E-state index is 0.0535. The number of thiazole rings is 1. The first-order chi connectivity index (χ1) is 16.9. The van der Waals surface area contributed by atoms with Crippen molar-refractivity contribution in [3.05, 3.63) is 58.6 Å². The van der Waals surface area contributed by atoms with Gasteiger partial charge < -0.3 is 19.1 Å². The number of aromatic nitrogens is 1. The van der Waals surface area contributed by atoms with Crippen molar-refractivity contribution in [3.8, 4) is 23.3 Å². The molecule has 2 heterocycles. The Kier molecular flexibility index (Phi) is 7.45. The van der Waals surface area contributed by atoms with E-state index in [0.717, 1.165) is 16.4 Å².